The van der Waals surface area contributed by atoms with Crippen LogP contribution in [0.4, 0.5) is 0 Å². The van der Waals surface area contributed by atoms with E-state index in [1.54, 1.807) is 23.5 Å². The molecule has 1 heterocycles. The summed E-state index contributed by atoms with van der Waals surface area (Å²) in [4.78, 5) is 4.67. The maximum atomic E-state index is 9.29. The third-order valence-corrected chi connectivity index (χ3v) is 4.50. The van der Waals surface area contributed by atoms with Crippen molar-refractivity contribution in [2.45, 2.75) is 19.4 Å². The lowest BCUT2D eigenvalue weighted by Gasteiger charge is -2.08. The molecule has 1 unspecified atom stereocenters. The number of phenols is 1. The number of hydrogen-bond acceptors (Lipinski definition) is 4. The molecule has 0 aliphatic rings. The van der Waals surface area contributed by atoms with Crippen LogP contribution in [0.2, 0.25) is 0 Å². The Morgan fingerprint density at radius 1 is 1.20 bits per heavy atom. The summed E-state index contributed by atoms with van der Waals surface area (Å²) in [5, 5.41) is 10.3. The summed E-state index contributed by atoms with van der Waals surface area (Å²) in [5.41, 5.74) is 9.60. The van der Waals surface area contributed by atoms with Crippen LogP contribution in [0.25, 0.3) is 10.2 Å². The number of phenolic OH excluding ortho intramolecular Hbond substituents is 1. The van der Waals surface area contributed by atoms with Gasteiger partial charge in [0.25, 0.3) is 0 Å². The predicted molar refractivity (Wildman–Crippen MR) is 83.1 cm³/mol. The molecule has 2 aromatic carbocycles. The predicted octanol–water partition coefficient (Wildman–Crippen LogP) is 3.55. The second kappa shape index (κ2) is 5.23. The Hall–Kier alpha value is -1.91. The van der Waals surface area contributed by atoms with Crippen LogP contribution >= 0.6 is 11.3 Å². The highest BCUT2D eigenvalue weighted by Crippen LogP contribution is 2.29. The van der Waals surface area contributed by atoms with Gasteiger partial charge >= 0.3 is 0 Å². The molecule has 1 atom stereocenters. The van der Waals surface area contributed by atoms with E-state index in [4.69, 9.17) is 5.73 Å². The van der Waals surface area contributed by atoms with Crippen LogP contribution in [-0.2, 0) is 6.42 Å². The fourth-order valence-electron chi connectivity index (χ4n) is 2.24. The minimum atomic E-state index is -0.114. The number of para-hydroxylation sites is 1. The van der Waals surface area contributed by atoms with Crippen LogP contribution < -0.4 is 5.73 Å². The quantitative estimate of drug-likeness (QED) is 0.773. The normalized spacial score (nSPS) is 12.7. The minimum absolute atomic E-state index is 0.114. The second-order valence-electron chi connectivity index (χ2n) is 4.95. The molecule has 3 N–H and O–H groups in total. The summed E-state index contributed by atoms with van der Waals surface area (Å²) in [6.45, 7) is 2.07. The highest BCUT2D eigenvalue weighted by atomic mass is 32.1. The average molecular weight is 284 g/mol. The maximum Gasteiger partial charge on any atom is 0.115 e. The first-order valence-electron chi connectivity index (χ1n) is 6.53. The lowest BCUT2D eigenvalue weighted by atomic mass is 10.1. The van der Waals surface area contributed by atoms with Gasteiger partial charge in [-0.15, -0.1) is 11.3 Å². The molecule has 0 aliphatic heterocycles. The van der Waals surface area contributed by atoms with Gasteiger partial charge in [-0.1, -0.05) is 24.3 Å². The lowest BCUT2D eigenvalue weighted by Crippen LogP contribution is -2.12. The molecule has 0 saturated heterocycles. The van der Waals surface area contributed by atoms with Gasteiger partial charge in [-0.25, -0.2) is 4.98 Å². The largest absolute Gasteiger partial charge is 0.508 e. The van der Waals surface area contributed by atoms with Crippen molar-refractivity contribution in [3.63, 3.8) is 0 Å². The molecule has 0 radical (unpaired) electrons. The third-order valence-electron chi connectivity index (χ3n) is 3.35. The van der Waals surface area contributed by atoms with E-state index in [2.05, 4.69) is 24.0 Å². The van der Waals surface area contributed by atoms with Gasteiger partial charge in [0, 0.05) is 0 Å². The first-order valence-corrected chi connectivity index (χ1v) is 7.34. The van der Waals surface area contributed by atoms with E-state index in [0.717, 1.165) is 22.5 Å². The summed E-state index contributed by atoms with van der Waals surface area (Å²) in [6.07, 6.45) is 0.721. The molecule has 0 bridgehead atoms. The number of aromatic hydroxyl groups is 1. The molecular weight excluding hydrogens is 268 g/mol. The number of thiazole rings is 1. The number of rotatable bonds is 3. The smallest absolute Gasteiger partial charge is 0.115 e. The van der Waals surface area contributed by atoms with Gasteiger partial charge in [0.05, 0.1) is 16.3 Å². The zero-order valence-electron chi connectivity index (χ0n) is 11.2. The van der Waals surface area contributed by atoms with Crippen LogP contribution in [0.5, 0.6) is 5.75 Å². The average Bonchev–Trinajstić information content (AvgIpc) is 2.87. The fourth-order valence-corrected chi connectivity index (χ4v) is 3.28. The lowest BCUT2D eigenvalue weighted by molar-refractivity contribution is 0.475. The molecule has 3 rings (SSSR count). The number of nitrogens with two attached hydrogens (primary N) is 1. The fraction of sp³-hybridized carbons (Fsp3) is 0.188. The monoisotopic (exact) mass is 284 g/mol. The number of nitrogens with zero attached hydrogens (tertiary/aromatic N) is 1. The molecule has 3 nitrogen and oxygen atoms in total. The maximum absolute atomic E-state index is 9.29. The Bertz CT molecular complexity index is 734. The van der Waals surface area contributed by atoms with E-state index in [0.29, 0.717) is 0 Å². The molecule has 3 aromatic rings. The Balaban J connectivity index is 1.86. The number of aryl methyl sites for hydroxylation is 1. The first-order chi connectivity index (χ1) is 9.63. The summed E-state index contributed by atoms with van der Waals surface area (Å²) < 4.78 is 1.18. The van der Waals surface area contributed by atoms with Crippen molar-refractivity contribution in [3.05, 3.63) is 58.6 Å². The standard InChI is InChI=1S/C16H16N2OS/c1-10-3-2-4-14-15(10)18-16(20-14)13(17)9-11-5-7-12(19)8-6-11/h2-8,13,19H,9,17H2,1H3. The first kappa shape index (κ1) is 13.1. The topological polar surface area (TPSA) is 59.1 Å². The van der Waals surface area contributed by atoms with Crippen molar-refractivity contribution in [3.8, 4) is 5.75 Å². The molecule has 1 aromatic heterocycles. The van der Waals surface area contributed by atoms with Crippen LogP contribution in [0.3, 0.4) is 0 Å². The van der Waals surface area contributed by atoms with Crippen molar-refractivity contribution < 1.29 is 5.11 Å². The summed E-state index contributed by atoms with van der Waals surface area (Å²) >= 11 is 1.66. The van der Waals surface area contributed by atoms with E-state index in [1.807, 2.05) is 18.2 Å². The van der Waals surface area contributed by atoms with E-state index < -0.39 is 0 Å². The highest BCUT2D eigenvalue weighted by molar-refractivity contribution is 7.18. The van der Waals surface area contributed by atoms with Crippen LogP contribution in [0.1, 0.15) is 22.2 Å². The summed E-state index contributed by atoms with van der Waals surface area (Å²) in [7, 11) is 0. The number of benzene rings is 2. The molecule has 0 saturated carbocycles. The Morgan fingerprint density at radius 2 is 1.95 bits per heavy atom. The highest BCUT2D eigenvalue weighted by Gasteiger charge is 2.13. The van der Waals surface area contributed by atoms with Crippen molar-refractivity contribution in [2.75, 3.05) is 0 Å². The number of fused-ring (bicyclic) bond motifs is 1. The molecule has 0 spiro atoms. The van der Waals surface area contributed by atoms with Gasteiger partial charge < -0.3 is 10.8 Å². The van der Waals surface area contributed by atoms with Gasteiger partial charge in [0.1, 0.15) is 10.8 Å². The van der Waals surface area contributed by atoms with Crippen molar-refractivity contribution in [2.24, 2.45) is 5.73 Å². The number of hydrogen-bond donors (Lipinski definition) is 2. The Kier molecular flexibility index (Phi) is 3.42. The van der Waals surface area contributed by atoms with Crippen LogP contribution in [0, 0.1) is 6.92 Å². The third kappa shape index (κ3) is 2.53. The van der Waals surface area contributed by atoms with Crippen molar-refractivity contribution in [1.29, 1.82) is 0 Å². The molecule has 102 valence electrons. The summed E-state index contributed by atoms with van der Waals surface area (Å²) in [5.74, 6) is 0.276. The van der Waals surface area contributed by atoms with E-state index in [9.17, 15) is 5.11 Å². The SMILES string of the molecule is Cc1cccc2sc(C(N)Cc3ccc(O)cc3)nc12. The zero-order chi connectivity index (χ0) is 14.1. The molecule has 0 amide bonds. The van der Waals surface area contributed by atoms with Gasteiger partial charge in [-0.05, 0) is 42.7 Å². The number of aromatic nitrogens is 1. The Morgan fingerprint density at radius 3 is 2.65 bits per heavy atom. The molecule has 20 heavy (non-hydrogen) atoms. The second-order valence-corrected chi connectivity index (χ2v) is 6.01. The Labute approximate surface area is 121 Å². The molecular formula is C16H16N2OS. The zero-order valence-corrected chi connectivity index (χ0v) is 12.0. The molecule has 0 fully saturated rings. The van der Waals surface area contributed by atoms with Gasteiger partial charge in [0.15, 0.2) is 0 Å². The van der Waals surface area contributed by atoms with Crippen molar-refractivity contribution in [1.82, 2.24) is 4.98 Å². The van der Waals surface area contributed by atoms with Gasteiger partial charge in [-0.2, -0.15) is 0 Å². The van der Waals surface area contributed by atoms with E-state index >= 15 is 0 Å². The van der Waals surface area contributed by atoms with Gasteiger partial charge in [0.2, 0.25) is 0 Å². The minimum Gasteiger partial charge on any atom is -0.508 e. The van der Waals surface area contributed by atoms with Crippen LogP contribution in [-0.4, -0.2) is 10.1 Å². The van der Waals surface area contributed by atoms with Gasteiger partial charge in [-0.3, -0.25) is 0 Å². The van der Waals surface area contributed by atoms with Crippen LogP contribution in [0.15, 0.2) is 42.5 Å². The van der Waals surface area contributed by atoms with E-state index in [-0.39, 0.29) is 11.8 Å². The summed E-state index contributed by atoms with van der Waals surface area (Å²) in [6, 6.07) is 13.2. The molecule has 4 heteroatoms. The van der Waals surface area contributed by atoms with E-state index in [1.165, 1.54) is 10.3 Å². The van der Waals surface area contributed by atoms with Crippen molar-refractivity contribution >= 4 is 21.6 Å². The molecule has 0 aliphatic carbocycles.